The van der Waals surface area contributed by atoms with E-state index in [1.165, 1.54) is 12.3 Å². The maximum absolute atomic E-state index is 11.0. The Morgan fingerprint density at radius 1 is 1.53 bits per heavy atom. The maximum Gasteiger partial charge on any atom is 0.339 e. The number of rotatable bonds is 3. The van der Waals surface area contributed by atoms with Crippen LogP contribution in [0.1, 0.15) is 16.1 Å². The number of carboxylic acids is 1. The molecular weight excluding hydrogens is 220 g/mol. The van der Waals surface area contributed by atoms with Gasteiger partial charge >= 0.3 is 5.97 Å². The van der Waals surface area contributed by atoms with Crippen LogP contribution in [0.2, 0.25) is 0 Å². The van der Waals surface area contributed by atoms with E-state index in [9.17, 15) is 4.79 Å². The lowest BCUT2D eigenvalue weighted by atomic mass is 10.2. The molecule has 0 unspecified atom stereocenters. The minimum atomic E-state index is -1.01. The first-order valence-electron chi connectivity index (χ1n) is 5.04. The second-order valence-electron chi connectivity index (χ2n) is 3.62. The Bertz CT molecular complexity index is 562. The number of aromatic nitrogens is 3. The van der Waals surface area contributed by atoms with Crippen molar-refractivity contribution < 1.29 is 9.90 Å². The van der Waals surface area contributed by atoms with Crippen molar-refractivity contribution in [3.63, 3.8) is 0 Å². The van der Waals surface area contributed by atoms with Crippen LogP contribution in [-0.2, 0) is 7.05 Å². The van der Waals surface area contributed by atoms with Crippen LogP contribution >= 0.6 is 0 Å². The Balaban J connectivity index is 2.36. The summed E-state index contributed by atoms with van der Waals surface area (Å²) in [4.78, 5) is 15.0. The summed E-state index contributed by atoms with van der Waals surface area (Å²) in [6, 6.07) is 4.91. The molecule has 2 aromatic rings. The summed E-state index contributed by atoms with van der Waals surface area (Å²) in [7, 11) is 1.78. The third-order valence-electron chi connectivity index (χ3n) is 2.29. The molecule has 17 heavy (non-hydrogen) atoms. The van der Waals surface area contributed by atoms with Gasteiger partial charge in [-0.25, -0.2) is 9.78 Å². The van der Waals surface area contributed by atoms with Gasteiger partial charge in [0.15, 0.2) is 0 Å². The van der Waals surface area contributed by atoms with Gasteiger partial charge in [-0.2, -0.15) is 5.10 Å². The van der Waals surface area contributed by atoms with E-state index in [1.54, 1.807) is 17.8 Å². The van der Waals surface area contributed by atoms with Gasteiger partial charge in [-0.3, -0.25) is 4.68 Å². The number of aromatic carboxylic acids is 1. The second-order valence-corrected chi connectivity index (χ2v) is 3.62. The summed E-state index contributed by atoms with van der Waals surface area (Å²) in [6.45, 7) is 1.86. The molecule has 0 fully saturated rings. The highest BCUT2D eigenvalue weighted by Gasteiger charge is 2.12. The van der Waals surface area contributed by atoms with Crippen LogP contribution in [0, 0.1) is 6.92 Å². The van der Waals surface area contributed by atoms with Crippen molar-refractivity contribution in [2.75, 3.05) is 5.32 Å². The van der Waals surface area contributed by atoms with Gasteiger partial charge in [0, 0.05) is 19.3 Å². The zero-order chi connectivity index (χ0) is 12.4. The molecule has 0 saturated heterocycles. The molecule has 0 atom stereocenters. The van der Waals surface area contributed by atoms with Crippen molar-refractivity contribution >= 4 is 17.6 Å². The molecule has 2 rings (SSSR count). The lowest BCUT2D eigenvalue weighted by Crippen LogP contribution is -2.06. The van der Waals surface area contributed by atoms with Crippen LogP contribution in [0.15, 0.2) is 24.4 Å². The van der Waals surface area contributed by atoms with Crippen LogP contribution in [0.5, 0.6) is 0 Å². The first kappa shape index (κ1) is 11.1. The largest absolute Gasteiger partial charge is 0.478 e. The smallest absolute Gasteiger partial charge is 0.339 e. The van der Waals surface area contributed by atoms with Crippen LogP contribution < -0.4 is 5.32 Å². The van der Waals surface area contributed by atoms with Crippen molar-refractivity contribution in [2.24, 2.45) is 7.05 Å². The van der Waals surface area contributed by atoms with E-state index in [1.807, 2.05) is 13.0 Å². The standard InChI is InChI=1S/C11H12N4O2/c1-7-6-9(15(2)14-7)13-10-8(11(16)17)4-3-5-12-10/h3-6H,1-2H3,(H,12,13)(H,16,17). The molecule has 0 amide bonds. The van der Waals surface area contributed by atoms with Crippen molar-refractivity contribution in [1.29, 1.82) is 0 Å². The lowest BCUT2D eigenvalue weighted by Gasteiger charge is -2.07. The molecule has 0 bridgehead atoms. The minimum absolute atomic E-state index is 0.131. The zero-order valence-electron chi connectivity index (χ0n) is 9.51. The molecule has 2 N–H and O–H groups in total. The Kier molecular flexibility index (Phi) is 2.78. The number of nitrogens with zero attached hydrogens (tertiary/aromatic N) is 3. The third kappa shape index (κ3) is 2.25. The third-order valence-corrected chi connectivity index (χ3v) is 2.29. The molecule has 6 heteroatoms. The van der Waals surface area contributed by atoms with Gasteiger partial charge in [-0.15, -0.1) is 0 Å². The Morgan fingerprint density at radius 3 is 2.88 bits per heavy atom. The summed E-state index contributed by atoms with van der Waals surface area (Å²) < 4.78 is 1.63. The minimum Gasteiger partial charge on any atom is -0.478 e. The highest BCUT2D eigenvalue weighted by Crippen LogP contribution is 2.18. The fraction of sp³-hybridized carbons (Fsp3) is 0.182. The Morgan fingerprint density at radius 2 is 2.29 bits per heavy atom. The average molecular weight is 232 g/mol. The normalized spacial score (nSPS) is 10.2. The van der Waals surface area contributed by atoms with E-state index >= 15 is 0 Å². The Labute approximate surface area is 97.9 Å². The van der Waals surface area contributed by atoms with Crippen LogP contribution in [-0.4, -0.2) is 25.8 Å². The molecule has 0 aliphatic heterocycles. The monoisotopic (exact) mass is 232 g/mol. The van der Waals surface area contributed by atoms with Crippen LogP contribution in [0.25, 0.3) is 0 Å². The molecule has 88 valence electrons. The number of nitrogens with one attached hydrogen (secondary N) is 1. The van der Waals surface area contributed by atoms with E-state index in [-0.39, 0.29) is 5.56 Å². The first-order valence-corrected chi connectivity index (χ1v) is 5.04. The fourth-order valence-corrected chi connectivity index (χ4v) is 1.53. The summed E-state index contributed by atoms with van der Waals surface area (Å²) in [5.41, 5.74) is 0.981. The molecular formula is C11H12N4O2. The topological polar surface area (TPSA) is 80.0 Å². The molecule has 0 aliphatic carbocycles. The predicted molar refractivity (Wildman–Crippen MR) is 62.4 cm³/mol. The summed E-state index contributed by atoms with van der Waals surface area (Å²) in [5, 5.41) is 16.1. The molecule has 0 radical (unpaired) electrons. The van der Waals surface area contributed by atoms with Crippen molar-refractivity contribution in [3.8, 4) is 0 Å². The number of anilines is 2. The quantitative estimate of drug-likeness (QED) is 0.839. The number of hydrogen-bond donors (Lipinski definition) is 2. The van der Waals surface area contributed by atoms with Gasteiger partial charge in [0.2, 0.25) is 0 Å². The van der Waals surface area contributed by atoms with Gasteiger partial charge < -0.3 is 10.4 Å². The average Bonchev–Trinajstić information content (AvgIpc) is 2.58. The molecule has 2 aromatic heterocycles. The summed E-state index contributed by atoms with van der Waals surface area (Å²) in [5.74, 6) is -0.00816. The van der Waals surface area contributed by atoms with Gasteiger partial charge in [0.25, 0.3) is 0 Å². The molecule has 0 spiro atoms. The summed E-state index contributed by atoms with van der Waals surface area (Å²) in [6.07, 6.45) is 1.54. The number of carboxylic acid groups (broad SMARTS) is 1. The van der Waals surface area contributed by atoms with Gasteiger partial charge in [-0.05, 0) is 19.1 Å². The molecule has 2 heterocycles. The van der Waals surface area contributed by atoms with E-state index in [0.717, 1.165) is 5.69 Å². The zero-order valence-corrected chi connectivity index (χ0v) is 9.51. The molecule has 6 nitrogen and oxygen atoms in total. The Hall–Kier alpha value is -2.37. The number of hydrogen-bond acceptors (Lipinski definition) is 4. The number of carbonyl (C=O) groups is 1. The van der Waals surface area contributed by atoms with Crippen LogP contribution in [0.3, 0.4) is 0 Å². The van der Waals surface area contributed by atoms with Gasteiger partial charge in [0.1, 0.15) is 17.2 Å². The van der Waals surface area contributed by atoms with E-state index in [0.29, 0.717) is 11.6 Å². The van der Waals surface area contributed by atoms with E-state index < -0.39 is 5.97 Å². The van der Waals surface area contributed by atoms with Crippen molar-refractivity contribution in [3.05, 3.63) is 35.7 Å². The predicted octanol–water partition coefficient (Wildman–Crippen LogP) is 1.57. The van der Waals surface area contributed by atoms with Gasteiger partial charge in [0.05, 0.1) is 5.69 Å². The fourth-order valence-electron chi connectivity index (χ4n) is 1.53. The van der Waals surface area contributed by atoms with Gasteiger partial charge in [-0.1, -0.05) is 0 Å². The number of aryl methyl sites for hydroxylation is 2. The highest BCUT2D eigenvalue weighted by atomic mass is 16.4. The SMILES string of the molecule is Cc1cc(Nc2ncccc2C(=O)O)n(C)n1. The molecule has 0 aromatic carbocycles. The molecule has 0 saturated carbocycles. The van der Waals surface area contributed by atoms with E-state index in [2.05, 4.69) is 15.4 Å². The number of pyridine rings is 1. The van der Waals surface area contributed by atoms with E-state index in [4.69, 9.17) is 5.11 Å². The first-order chi connectivity index (χ1) is 8.08. The maximum atomic E-state index is 11.0. The highest BCUT2D eigenvalue weighted by molar-refractivity contribution is 5.93. The van der Waals surface area contributed by atoms with Crippen molar-refractivity contribution in [2.45, 2.75) is 6.92 Å². The summed E-state index contributed by atoms with van der Waals surface area (Å²) >= 11 is 0. The molecule has 0 aliphatic rings. The second kappa shape index (κ2) is 4.25. The lowest BCUT2D eigenvalue weighted by molar-refractivity contribution is 0.0697. The van der Waals surface area contributed by atoms with Crippen LogP contribution in [0.4, 0.5) is 11.6 Å². The van der Waals surface area contributed by atoms with Crippen molar-refractivity contribution in [1.82, 2.24) is 14.8 Å².